The second kappa shape index (κ2) is 16.6. The average Bonchev–Trinajstić information content (AvgIpc) is 2.66. The molecule has 0 spiro atoms. The van der Waals surface area contributed by atoms with Crippen LogP contribution in [0.1, 0.15) is 33.6 Å². The Kier molecular flexibility index (Phi) is 16.8. The van der Waals surface area contributed by atoms with Gasteiger partial charge in [-0.1, -0.05) is 20.8 Å². The Morgan fingerprint density at radius 1 is 1.31 bits per heavy atom. The van der Waals surface area contributed by atoms with Gasteiger partial charge in [-0.25, -0.2) is 8.51 Å². The van der Waals surface area contributed by atoms with Gasteiger partial charge in [0.1, 0.15) is 16.7 Å². The van der Waals surface area contributed by atoms with E-state index in [0.29, 0.717) is 5.92 Å². The molecule has 0 aliphatic rings. The highest BCUT2D eigenvalue weighted by molar-refractivity contribution is 7.82. The van der Waals surface area contributed by atoms with E-state index in [1.54, 1.807) is 7.11 Å². The normalized spacial score (nSPS) is 12.2. The smallest absolute Gasteiger partial charge is 0.290 e. The van der Waals surface area contributed by atoms with Gasteiger partial charge in [-0.2, -0.15) is 0 Å². The molecule has 0 aliphatic carbocycles. The van der Waals surface area contributed by atoms with Gasteiger partial charge in [0.05, 0.1) is 12.0 Å². The van der Waals surface area contributed by atoms with Crippen molar-refractivity contribution in [2.75, 3.05) is 20.2 Å². The molecule has 0 heterocycles. The van der Waals surface area contributed by atoms with Gasteiger partial charge >= 0.3 is 0 Å². The molecule has 0 fully saturated rings. The third kappa shape index (κ3) is 11.6. The summed E-state index contributed by atoms with van der Waals surface area (Å²) in [4.78, 5) is 9.17. The molecule has 6 nitrogen and oxygen atoms in total. The lowest BCUT2D eigenvalue weighted by Crippen LogP contribution is -2.34. The molecule has 1 aromatic carbocycles. The molecule has 148 valence electrons. The van der Waals surface area contributed by atoms with Crippen LogP contribution in [0.25, 0.3) is 0 Å². The van der Waals surface area contributed by atoms with Crippen LogP contribution in [0.4, 0.5) is 0 Å². The fraction of sp³-hybridized carbons (Fsp3) is 0.526. The van der Waals surface area contributed by atoms with E-state index >= 15 is 0 Å². The van der Waals surface area contributed by atoms with E-state index in [9.17, 15) is 4.21 Å². The lowest BCUT2D eigenvalue weighted by molar-refractivity contribution is -0.122. The Balaban J connectivity index is 0. The Bertz CT molecular complexity index is 518. The summed E-state index contributed by atoms with van der Waals surface area (Å²) >= 11 is 0. The molecule has 26 heavy (non-hydrogen) atoms. The number of carboxylic acid groups (broad SMARTS) is 1. The Morgan fingerprint density at radius 2 is 1.81 bits per heavy atom. The van der Waals surface area contributed by atoms with Crippen molar-refractivity contribution in [3.05, 3.63) is 24.3 Å². The van der Waals surface area contributed by atoms with E-state index < -0.39 is 11.0 Å². The number of carbonyl (C=O) groups is 1. The van der Waals surface area contributed by atoms with Crippen LogP contribution in [0.3, 0.4) is 0 Å². The summed E-state index contributed by atoms with van der Waals surface area (Å²) in [5, 5.41) is 6.89. The minimum absolute atomic E-state index is 0.174. The van der Waals surface area contributed by atoms with Gasteiger partial charge in [0.25, 0.3) is 6.47 Å². The minimum Gasteiger partial charge on any atom is -0.497 e. The fourth-order valence-electron chi connectivity index (χ4n) is 2.00. The van der Waals surface area contributed by atoms with Crippen molar-refractivity contribution >= 4 is 17.5 Å². The van der Waals surface area contributed by atoms with Crippen LogP contribution in [-0.2, 0) is 15.8 Å². The Labute approximate surface area is 160 Å². The topological polar surface area (TPSA) is 92.9 Å². The van der Waals surface area contributed by atoms with Gasteiger partial charge in [-0.3, -0.25) is 4.79 Å². The lowest BCUT2D eigenvalue weighted by atomic mass is 10.1. The monoisotopic (exact) mass is 384 g/mol. The summed E-state index contributed by atoms with van der Waals surface area (Å²) in [6, 6.07) is 7.59. The molecule has 0 amide bonds. The Hall–Kier alpha value is -1.88. The van der Waals surface area contributed by atoms with Crippen LogP contribution in [0, 0.1) is 18.8 Å². The molecule has 1 unspecified atom stereocenters. The number of ether oxygens (including phenoxy) is 1. The first-order valence-electron chi connectivity index (χ1n) is 8.37. The van der Waals surface area contributed by atoms with Crippen LogP contribution in [0.5, 0.6) is 5.75 Å². The highest BCUT2D eigenvalue weighted by atomic mass is 32.2. The molecule has 0 saturated heterocycles. The second-order valence-corrected chi connectivity index (χ2v) is 7.26. The van der Waals surface area contributed by atoms with E-state index in [4.69, 9.17) is 20.4 Å². The summed E-state index contributed by atoms with van der Waals surface area (Å²) < 4.78 is 19.9. The Morgan fingerprint density at radius 3 is 2.19 bits per heavy atom. The molecule has 2 atom stereocenters. The molecule has 0 aromatic heterocycles. The minimum atomic E-state index is -1.15. The van der Waals surface area contributed by atoms with Gasteiger partial charge in [0.15, 0.2) is 0 Å². The van der Waals surface area contributed by atoms with E-state index in [0.717, 1.165) is 36.6 Å². The summed E-state index contributed by atoms with van der Waals surface area (Å²) in [5.74, 6) is 1.24. The van der Waals surface area contributed by atoms with Crippen LogP contribution >= 0.6 is 0 Å². The second-order valence-electron chi connectivity index (χ2n) is 5.77. The van der Waals surface area contributed by atoms with Gasteiger partial charge in [0, 0.05) is 19.1 Å². The zero-order valence-corrected chi connectivity index (χ0v) is 16.9. The zero-order chi connectivity index (χ0) is 20.5. The number of rotatable bonds is 9. The SMILES string of the molecule is C#C.CC[C@H](N)CCN(CC(C)C)S(=O)c1ccc(OC)cc1.O=CO. The number of nitrogens with two attached hydrogens (primary N) is 1. The predicted molar refractivity (Wildman–Crippen MR) is 107 cm³/mol. The van der Waals surface area contributed by atoms with Crippen molar-refractivity contribution in [2.45, 2.75) is 44.6 Å². The zero-order valence-electron chi connectivity index (χ0n) is 16.1. The fourth-order valence-corrected chi connectivity index (χ4v) is 3.38. The van der Waals surface area contributed by atoms with Crippen molar-refractivity contribution in [3.63, 3.8) is 0 Å². The van der Waals surface area contributed by atoms with Gasteiger partial charge in [0.2, 0.25) is 0 Å². The lowest BCUT2D eigenvalue weighted by Gasteiger charge is -2.24. The summed E-state index contributed by atoms with van der Waals surface area (Å²) in [6.07, 6.45) is 9.82. The molecule has 0 aliphatic heterocycles. The van der Waals surface area contributed by atoms with E-state index in [-0.39, 0.29) is 12.5 Å². The van der Waals surface area contributed by atoms with Crippen molar-refractivity contribution in [1.82, 2.24) is 4.31 Å². The van der Waals surface area contributed by atoms with Crippen LogP contribution < -0.4 is 10.5 Å². The van der Waals surface area contributed by atoms with Gasteiger partial charge in [-0.15, -0.1) is 12.8 Å². The number of hydrogen-bond donors (Lipinski definition) is 2. The first-order chi connectivity index (χ1) is 12.4. The summed E-state index contributed by atoms with van der Waals surface area (Å²) in [6.45, 7) is 7.66. The first-order valence-corrected chi connectivity index (χ1v) is 9.47. The highest BCUT2D eigenvalue weighted by Gasteiger charge is 2.17. The summed E-state index contributed by atoms with van der Waals surface area (Å²) in [7, 11) is 0.480. The first kappa shape index (κ1) is 26.4. The standard InChI is InChI=1S/C16H28N2O2S.C2H2.CH2O2/c1-5-14(17)10-11-18(12-13(2)3)21(19)16-8-6-15(20-4)7-9-16;1-2;2-1-3/h6-9,13-14H,5,10-12,17H2,1-4H3;1-2H;1H,(H,2,3)/t14-,21?;;/m0../s1. The highest BCUT2D eigenvalue weighted by Crippen LogP contribution is 2.18. The molecular formula is C19H32N2O4S. The molecule has 0 bridgehead atoms. The van der Waals surface area contributed by atoms with E-state index in [2.05, 4.69) is 33.6 Å². The number of terminal acetylenes is 1. The third-order valence-electron chi connectivity index (χ3n) is 3.34. The third-order valence-corrected chi connectivity index (χ3v) is 4.81. The predicted octanol–water partition coefficient (Wildman–Crippen LogP) is 2.75. The van der Waals surface area contributed by atoms with Crippen LogP contribution in [0.2, 0.25) is 0 Å². The van der Waals surface area contributed by atoms with E-state index in [1.807, 2.05) is 28.6 Å². The van der Waals surface area contributed by atoms with Crippen LogP contribution in [-0.4, -0.2) is 46.3 Å². The number of methoxy groups -OCH3 is 1. The van der Waals surface area contributed by atoms with Crippen molar-refractivity contribution in [3.8, 4) is 18.6 Å². The average molecular weight is 385 g/mol. The van der Waals surface area contributed by atoms with Crippen molar-refractivity contribution in [2.24, 2.45) is 11.7 Å². The summed E-state index contributed by atoms with van der Waals surface area (Å²) in [5.41, 5.74) is 5.99. The quantitative estimate of drug-likeness (QED) is 0.504. The number of benzene rings is 1. The number of nitrogens with zero attached hydrogens (tertiary/aromatic N) is 1. The van der Waals surface area contributed by atoms with Crippen molar-refractivity contribution in [1.29, 1.82) is 0 Å². The maximum absolute atomic E-state index is 12.7. The molecule has 1 aromatic rings. The van der Waals surface area contributed by atoms with Gasteiger partial charge in [-0.05, 0) is 43.0 Å². The van der Waals surface area contributed by atoms with Gasteiger partial charge < -0.3 is 15.6 Å². The van der Waals surface area contributed by atoms with Crippen LogP contribution in [0.15, 0.2) is 29.2 Å². The molecule has 7 heteroatoms. The molecule has 0 radical (unpaired) electrons. The molecule has 1 rings (SSSR count). The largest absolute Gasteiger partial charge is 0.497 e. The maximum Gasteiger partial charge on any atom is 0.290 e. The molecular weight excluding hydrogens is 352 g/mol. The van der Waals surface area contributed by atoms with Crippen molar-refractivity contribution < 1.29 is 18.8 Å². The molecule has 0 saturated carbocycles. The van der Waals surface area contributed by atoms with E-state index in [1.165, 1.54) is 0 Å². The maximum atomic E-state index is 12.7. The number of hydrogen-bond acceptors (Lipinski definition) is 4. The molecule has 3 N–H and O–H groups in total.